The van der Waals surface area contributed by atoms with Crippen molar-refractivity contribution in [2.75, 3.05) is 26.2 Å². The molecule has 0 aliphatic carbocycles. The number of para-hydroxylation sites is 1. The molecule has 4 rings (SSSR count). The highest BCUT2D eigenvalue weighted by Gasteiger charge is 2.38. The van der Waals surface area contributed by atoms with E-state index in [9.17, 15) is 14.4 Å². The van der Waals surface area contributed by atoms with Crippen molar-refractivity contribution >= 4 is 28.7 Å². The van der Waals surface area contributed by atoms with Gasteiger partial charge in [0.2, 0.25) is 5.91 Å². The van der Waals surface area contributed by atoms with Crippen LogP contribution >= 0.6 is 0 Å². The predicted molar refractivity (Wildman–Crippen MR) is 99.7 cm³/mol. The molecule has 142 valence electrons. The van der Waals surface area contributed by atoms with E-state index >= 15 is 0 Å². The van der Waals surface area contributed by atoms with E-state index in [-0.39, 0.29) is 30.4 Å². The molecule has 0 saturated carbocycles. The number of Topliss-reactive ketones (excluding diaryl/α,β-unsaturated/α-hetero) is 1. The Labute approximate surface area is 157 Å². The molecule has 27 heavy (non-hydrogen) atoms. The minimum atomic E-state index is -0.290. The van der Waals surface area contributed by atoms with Gasteiger partial charge in [0.15, 0.2) is 5.78 Å². The van der Waals surface area contributed by atoms with Gasteiger partial charge in [0, 0.05) is 36.8 Å². The minimum Gasteiger partial charge on any atom is -0.447 e. The van der Waals surface area contributed by atoms with Crippen LogP contribution in [-0.4, -0.2) is 64.4 Å². The lowest BCUT2D eigenvalue weighted by Gasteiger charge is -2.35. The first-order valence-electron chi connectivity index (χ1n) is 9.32. The number of aryl methyl sites for hydroxylation is 1. The van der Waals surface area contributed by atoms with Gasteiger partial charge in [0.1, 0.15) is 13.2 Å². The number of carbonyl (C=O) groups is 3. The fourth-order valence-corrected chi connectivity index (χ4v) is 4.09. The largest absolute Gasteiger partial charge is 0.447 e. The zero-order chi connectivity index (χ0) is 19.1. The fourth-order valence-electron chi connectivity index (χ4n) is 4.09. The van der Waals surface area contributed by atoms with Crippen molar-refractivity contribution in [2.24, 2.45) is 0 Å². The number of nitrogens with zero attached hydrogens (tertiary/aromatic N) is 3. The molecule has 2 aliphatic heterocycles. The van der Waals surface area contributed by atoms with E-state index in [1.165, 1.54) is 0 Å². The Morgan fingerprint density at radius 2 is 2.07 bits per heavy atom. The summed E-state index contributed by atoms with van der Waals surface area (Å²) >= 11 is 0. The van der Waals surface area contributed by atoms with Gasteiger partial charge in [0.25, 0.3) is 0 Å². The zero-order valence-corrected chi connectivity index (χ0v) is 15.6. The average Bonchev–Trinajstić information content (AvgIpc) is 3.22. The van der Waals surface area contributed by atoms with E-state index in [0.717, 1.165) is 22.9 Å². The third-order valence-electron chi connectivity index (χ3n) is 5.52. The maximum Gasteiger partial charge on any atom is 0.410 e. The molecule has 1 atom stereocenters. The van der Waals surface area contributed by atoms with Crippen molar-refractivity contribution in [2.45, 2.75) is 32.9 Å². The van der Waals surface area contributed by atoms with Gasteiger partial charge in [-0.15, -0.1) is 0 Å². The molecule has 2 aliphatic rings. The Balaban J connectivity index is 1.61. The first kappa shape index (κ1) is 17.6. The Morgan fingerprint density at radius 3 is 2.81 bits per heavy atom. The molecule has 2 fully saturated rings. The van der Waals surface area contributed by atoms with Crippen molar-refractivity contribution in [3.63, 3.8) is 0 Å². The van der Waals surface area contributed by atoms with E-state index < -0.39 is 0 Å². The third-order valence-corrected chi connectivity index (χ3v) is 5.52. The summed E-state index contributed by atoms with van der Waals surface area (Å²) in [5.74, 6) is -0.0124. The van der Waals surface area contributed by atoms with Gasteiger partial charge in [-0.05, 0) is 18.9 Å². The molecular weight excluding hydrogens is 346 g/mol. The molecule has 7 heteroatoms. The minimum absolute atomic E-state index is 0.00492. The van der Waals surface area contributed by atoms with Crippen molar-refractivity contribution in [3.05, 3.63) is 35.5 Å². The second-order valence-corrected chi connectivity index (χ2v) is 7.16. The lowest BCUT2D eigenvalue weighted by molar-refractivity contribution is -0.133. The van der Waals surface area contributed by atoms with Crippen LogP contribution < -0.4 is 0 Å². The predicted octanol–water partition coefficient (Wildman–Crippen LogP) is 2.07. The molecule has 1 aromatic carbocycles. The number of carbonyl (C=O) groups excluding carboxylic acids is 3. The van der Waals surface area contributed by atoms with Crippen LogP contribution in [0.3, 0.4) is 0 Å². The van der Waals surface area contributed by atoms with Crippen LogP contribution in [0.25, 0.3) is 10.9 Å². The lowest BCUT2D eigenvalue weighted by Crippen LogP contribution is -2.54. The van der Waals surface area contributed by atoms with Gasteiger partial charge >= 0.3 is 6.09 Å². The van der Waals surface area contributed by atoms with Crippen LogP contribution in [0.1, 0.15) is 29.8 Å². The number of fused-ring (bicyclic) bond motifs is 2. The second-order valence-electron chi connectivity index (χ2n) is 7.16. The molecule has 2 amide bonds. The maximum atomic E-state index is 12.9. The van der Waals surface area contributed by atoms with Gasteiger partial charge in [-0.2, -0.15) is 0 Å². The van der Waals surface area contributed by atoms with Gasteiger partial charge in [-0.25, -0.2) is 4.79 Å². The van der Waals surface area contributed by atoms with Crippen LogP contribution in [0.5, 0.6) is 0 Å². The molecule has 7 nitrogen and oxygen atoms in total. The topological polar surface area (TPSA) is 71.9 Å². The highest BCUT2D eigenvalue weighted by Crippen LogP contribution is 2.26. The summed E-state index contributed by atoms with van der Waals surface area (Å²) in [5.41, 5.74) is 2.72. The highest BCUT2D eigenvalue weighted by molar-refractivity contribution is 6.07. The SMILES string of the molecule is CCc1cccc2c(C(C)=O)cn(CC(=O)N3CCN4C(=O)OC[C@H]4C3)c12. The highest BCUT2D eigenvalue weighted by atomic mass is 16.6. The quantitative estimate of drug-likeness (QED) is 0.774. The number of ether oxygens (including phenoxy) is 1. The standard InChI is InChI=1S/C20H23N3O4/c1-3-14-5-4-6-16-17(13(2)24)10-22(19(14)16)11-18(25)21-7-8-23-15(9-21)12-27-20(23)26/h4-6,10,15H,3,7-9,11-12H2,1-2H3/t15-/m1/s1. The number of ketones is 1. The number of cyclic esters (lactones) is 1. The number of benzene rings is 1. The van der Waals surface area contributed by atoms with Crippen LogP contribution in [0, 0.1) is 0 Å². The lowest BCUT2D eigenvalue weighted by atomic mass is 10.1. The molecule has 0 spiro atoms. The van der Waals surface area contributed by atoms with E-state index in [1.54, 1.807) is 22.9 Å². The van der Waals surface area contributed by atoms with Crippen molar-refractivity contribution in [3.8, 4) is 0 Å². The van der Waals surface area contributed by atoms with Crippen LogP contribution in [0.4, 0.5) is 4.79 Å². The van der Waals surface area contributed by atoms with Gasteiger partial charge < -0.3 is 14.2 Å². The molecule has 3 heterocycles. The summed E-state index contributed by atoms with van der Waals surface area (Å²) in [7, 11) is 0. The van der Waals surface area contributed by atoms with Crippen molar-refractivity contribution in [1.82, 2.24) is 14.4 Å². The van der Waals surface area contributed by atoms with E-state index in [0.29, 0.717) is 31.8 Å². The zero-order valence-electron chi connectivity index (χ0n) is 15.6. The number of amides is 2. The fraction of sp³-hybridized carbons (Fsp3) is 0.450. The molecule has 0 radical (unpaired) electrons. The monoisotopic (exact) mass is 369 g/mol. The van der Waals surface area contributed by atoms with E-state index in [1.807, 2.05) is 22.8 Å². The molecule has 2 saturated heterocycles. The number of aromatic nitrogens is 1. The number of rotatable bonds is 4. The average molecular weight is 369 g/mol. The third kappa shape index (κ3) is 2.97. The van der Waals surface area contributed by atoms with Gasteiger partial charge in [0.05, 0.1) is 11.6 Å². The summed E-state index contributed by atoms with van der Waals surface area (Å²) < 4.78 is 6.97. The smallest absolute Gasteiger partial charge is 0.410 e. The Morgan fingerprint density at radius 1 is 1.26 bits per heavy atom. The maximum absolute atomic E-state index is 12.9. The normalized spacial score (nSPS) is 19.3. The summed E-state index contributed by atoms with van der Waals surface area (Å²) in [4.78, 5) is 40.1. The second kappa shape index (κ2) is 6.72. The number of hydrogen-bond acceptors (Lipinski definition) is 4. The van der Waals surface area contributed by atoms with E-state index in [4.69, 9.17) is 4.74 Å². The molecule has 0 bridgehead atoms. The van der Waals surface area contributed by atoms with Crippen LogP contribution in [0.15, 0.2) is 24.4 Å². The molecule has 0 N–H and O–H groups in total. The number of hydrogen-bond donors (Lipinski definition) is 0. The molecule has 2 aromatic rings. The Bertz CT molecular complexity index is 933. The van der Waals surface area contributed by atoms with Crippen LogP contribution in [-0.2, 0) is 22.5 Å². The Hall–Kier alpha value is -2.83. The summed E-state index contributed by atoms with van der Waals surface area (Å²) in [6, 6.07) is 5.87. The molecule has 0 unspecified atom stereocenters. The van der Waals surface area contributed by atoms with Gasteiger partial charge in [-0.3, -0.25) is 14.5 Å². The number of piperazine rings is 1. The van der Waals surface area contributed by atoms with E-state index in [2.05, 4.69) is 6.92 Å². The van der Waals surface area contributed by atoms with Gasteiger partial charge in [-0.1, -0.05) is 25.1 Å². The summed E-state index contributed by atoms with van der Waals surface area (Å²) in [6.07, 6.45) is 2.33. The summed E-state index contributed by atoms with van der Waals surface area (Å²) in [6.45, 7) is 5.63. The van der Waals surface area contributed by atoms with Crippen molar-refractivity contribution < 1.29 is 19.1 Å². The summed E-state index contributed by atoms with van der Waals surface area (Å²) in [5, 5.41) is 0.897. The first-order chi connectivity index (χ1) is 13.0. The molecular formula is C20H23N3O4. The van der Waals surface area contributed by atoms with Crippen molar-refractivity contribution in [1.29, 1.82) is 0 Å². The first-order valence-corrected chi connectivity index (χ1v) is 9.32. The van der Waals surface area contributed by atoms with Crippen LogP contribution in [0.2, 0.25) is 0 Å². The molecule has 1 aromatic heterocycles. The Kier molecular flexibility index (Phi) is 4.37.